The van der Waals surface area contributed by atoms with Crippen molar-refractivity contribution in [3.05, 3.63) is 59.7 Å². The number of alkyl carbamates (subject to hydrolysis) is 3. The first-order valence-corrected chi connectivity index (χ1v) is 32.3. The number of amides is 5. The van der Waals surface area contributed by atoms with E-state index in [0.29, 0.717) is 25.8 Å². The smallest absolute Gasteiger partial charge is 0.410 e. The summed E-state index contributed by atoms with van der Waals surface area (Å²) < 4.78 is 36.8. The van der Waals surface area contributed by atoms with Gasteiger partial charge in [0, 0.05) is 38.6 Å². The van der Waals surface area contributed by atoms with Gasteiger partial charge in [-0.2, -0.15) is 0 Å². The Kier molecular flexibility index (Phi) is 22.7. The molecule has 418 valence electrons. The van der Waals surface area contributed by atoms with Crippen molar-refractivity contribution in [1.82, 2.24) is 25.8 Å². The first kappa shape index (κ1) is 63.6. The average Bonchev–Trinajstić information content (AvgIpc) is 3.56. The van der Waals surface area contributed by atoms with Crippen molar-refractivity contribution in [1.29, 1.82) is 0 Å². The van der Waals surface area contributed by atoms with Gasteiger partial charge in [-0.25, -0.2) is 19.2 Å². The van der Waals surface area contributed by atoms with Crippen LogP contribution in [-0.2, 0) is 32.6 Å². The van der Waals surface area contributed by atoms with Crippen LogP contribution in [0.3, 0.4) is 0 Å². The maximum Gasteiger partial charge on any atom is 0.410 e. The molecule has 2 atom stereocenters. The van der Waals surface area contributed by atoms with Gasteiger partial charge in [0.05, 0.1) is 19.3 Å². The maximum absolute atomic E-state index is 15.4. The highest BCUT2D eigenvalue weighted by Crippen LogP contribution is 2.45. The van der Waals surface area contributed by atoms with Crippen LogP contribution in [0.25, 0.3) is 11.1 Å². The lowest BCUT2D eigenvalue weighted by molar-refractivity contribution is -0.135. The van der Waals surface area contributed by atoms with Crippen molar-refractivity contribution in [3.8, 4) is 11.1 Å². The highest BCUT2D eigenvalue weighted by molar-refractivity contribution is 6.74. The van der Waals surface area contributed by atoms with Crippen LogP contribution in [-0.4, -0.2) is 138 Å². The molecule has 2 aromatic rings. The minimum Gasteiger partial charge on any atom is -0.449 e. The lowest BCUT2D eigenvalue weighted by atomic mass is 9.98. The second-order valence-corrected chi connectivity index (χ2v) is 35.1. The van der Waals surface area contributed by atoms with Crippen LogP contribution >= 0.6 is 0 Å². The lowest BCUT2D eigenvalue weighted by Crippen LogP contribution is -2.56. The number of nitrogens with zero attached hydrogens (tertiary/aromatic N) is 2. The van der Waals surface area contributed by atoms with E-state index in [2.05, 4.69) is 108 Å². The number of carbonyl (C=O) groups excluding carboxylic acids is 5. The quantitative estimate of drug-likeness (QED) is 0.0547. The molecule has 74 heavy (non-hydrogen) atoms. The van der Waals surface area contributed by atoms with Crippen LogP contribution in [0.15, 0.2) is 48.5 Å². The second-order valence-electron chi connectivity index (χ2n) is 25.5. The van der Waals surface area contributed by atoms with Crippen molar-refractivity contribution in [3.63, 3.8) is 0 Å². The summed E-state index contributed by atoms with van der Waals surface area (Å²) in [5, 5.41) is 8.19. The highest BCUT2D eigenvalue weighted by Gasteiger charge is 2.42. The van der Waals surface area contributed by atoms with Crippen molar-refractivity contribution in [2.24, 2.45) is 0 Å². The van der Waals surface area contributed by atoms with Crippen LogP contribution < -0.4 is 16.0 Å². The SMILES string of the molecule is CC(C)(C)OC(=O)NCCCC[C@H](NC(=O)OCC1c2ccccc2-c2ccccc21)C(=O)N(CCO[Si](C)(C)C(C)(C)C)CC(CN(CCCNC(=O)OC(C)(C)C)C(=O)OC(C)(C)C)O[Si](C)(C)C(C)(C)C. The van der Waals surface area contributed by atoms with Crippen LogP contribution in [0, 0.1) is 0 Å². The van der Waals surface area contributed by atoms with Gasteiger partial charge in [-0.05, 0) is 147 Å². The summed E-state index contributed by atoms with van der Waals surface area (Å²) in [4.78, 5) is 72.0. The Labute approximate surface area is 446 Å². The maximum atomic E-state index is 15.4. The fourth-order valence-electron chi connectivity index (χ4n) is 7.73. The Bertz CT molecular complexity index is 2120. The zero-order valence-electron chi connectivity index (χ0n) is 48.7. The molecule has 0 heterocycles. The summed E-state index contributed by atoms with van der Waals surface area (Å²) >= 11 is 0. The summed E-state index contributed by atoms with van der Waals surface area (Å²) in [6.45, 7) is 38.9. The molecule has 16 nitrogen and oxygen atoms in total. The van der Waals surface area contributed by atoms with Crippen LogP contribution in [0.2, 0.25) is 36.3 Å². The van der Waals surface area contributed by atoms with Gasteiger partial charge in [0.2, 0.25) is 5.91 Å². The number of benzene rings is 2. The van der Waals surface area contributed by atoms with E-state index in [9.17, 15) is 19.2 Å². The minimum absolute atomic E-state index is 0.0464. The fraction of sp³-hybridized carbons (Fsp3) is 0.696. The van der Waals surface area contributed by atoms with Gasteiger partial charge < -0.3 is 53.5 Å². The predicted molar refractivity (Wildman–Crippen MR) is 299 cm³/mol. The molecule has 0 saturated carbocycles. The van der Waals surface area contributed by atoms with Crippen molar-refractivity contribution in [2.75, 3.05) is 52.5 Å². The molecule has 1 aliphatic rings. The summed E-state index contributed by atoms with van der Waals surface area (Å²) in [5.41, 5.74) is 2.16. The number of nitrogens with one attached hydrogen (secondary N) is 3. The normalized spacial score (nSPS) is 14.2. The van der Waals surface area contributed by atoms with Gasteiger partial charge in [-0.3, -0.25) is 4.79 Å². The van der Waals surface area contributed by atoms with Crippen molar-refractivity contribution in [2.45, 2.75) is 201 Å². The van der Waals surface area contributed by atoms with E-state index in [0.717, 1.165) is 22.3 Å². The van der Waals surface area contributed by atoms with E-state index >= 15 is 4.79 Å². The molecule has 0 saturated heterocycles. The summed E-state index contributed by atoms with van der Waals surface area (Å²) in [7, 11) is -4.91. The van der Waals surface area contributed by atoms with Gasteiger partial charge in [-0.15, -0.1) is 0 Å². The third kappa shape index (κ3) is 21.2. The van der Waals surface area contributed by atoms with Gasteiger partial charge in [0.1, 0.15) is 29.5 Å². The molecule has 1 unspecified atom stereocenters. The number of carbonyl (C=O) groups is 5. The van der Waals surface area contributed by atoms with E-state index in [-0.39, 0.29) is 74.3 Å². The molecule has 5 amide bonds. The molecule has 18 heteroatoms. The highest BCUT2D eigenvalue weighted by atomic mass is 28.4. The molecule has 0 radical (unpaired) electrons. The number of hydrogen-bond donors (Lipinski definition) is 3. The Morgan fingerprint density at radius 3 is 1.54 bits per heavy atom. The third-order valence-electron chi connectivity index (χ3n) is 13.5. The van der Waals surface area contributed by atoms with E-state index in [1.165, 1.54) is 0 Å². The number of unbranched alkanes of at least 4 members (excludes halogenated alkanes) is 1. The van der Waals surface area contributed by atoms with Crippen LogP contribution in [0.4, 0.5) is 19.2 Å². The molecule has 2 aromatic carbocycles. The van der Waals surface area contributed by atoms with E-state index in [1.54, 1.807) is 72.1 Å². The molecular formula is C56H95N5O11Si2. The largest absolute Gasteiger partial charge is 0.449 e. The molecule has 1 aliphatic carbocycles. The molecule has 0 fully saturated rings. The van der Waals surface area contributed by atoms with Gasteiger partial charge in [0.15, 0.2) is 16.6 Å². The van der Waals surface area contributed by atoms with Gasteiger partial charge >= 0.3 is 24.4 Å². The zero-order chi connectivity index (χ0) is 56.1. The molecule has 0 bridgehead atoms. The average molecular weight is 1070 g/mol. The van der Waals surface area contributed by atoms with E-state index in [4.69, 9.17) is 27.8 Å². The Morgan fingerprint density at radius 1 is 0.581 bits per heavy atom. The van der Waals surface area contributed by atoms with E-state index in [1.807, 2.05) is 24.3 Å². The van der Waals surface area contributed by atoms with Gasteiger partial charge in [0.25, 0.3) is 0 Å². The van der Waals surface area contributed by atoms with Crippen molar-refractivity contribution < 1.29 is 51.8 Å². The monoisotopic (exact) mass is 1070 g/mol. The molecule has 0 spiro atoms. The van der Waals surface area contributed by atoms with Crippen LogP contribution in [0.5, 0.6) is 0 Å². The first-order valence-electron chi connectivity index (χ1n) is 26.5. The second kappa shape index (κ2) is 26.4. The van der Waals surface area contributed by atoms with E-state index < -0.39 is 70.0 Å². The zero-order valence-corrected chi connectivity index (χ0v) is 50.7. The molecule has 3 N–H and O–H groups in total. The van der Waals surface area contributed by atoms with Crippen LogP contribution in [0.1, 0.15) is 147 Å². The lowest BCUT2D eigenvalue weighted by Gasteiger charge is -2.42. The summed E-state index contributed by atoms with van der Waals surface area (Å²) in [6, 6.07) is 15.2. The number of ether oxygens (including phenoxy) is 4. The van der Waals surface area contributed by atoms with Crippen molar-refractivity contribution >= 4 is 46.9 Å². The summed E-state index contributed by atoms with van der Waals surface area (Å²) in [6.07, 6.45) is -1.56. The topological polar surface area (TPSA) is 183 Å². The standard InChI is InChI=1S/C56H95N5O11Si2/c1-52(2,3)69-48(63)57-32-25-24-31-46(59-50(65)67-39-45-43-29-22-20-27-41(43)42-28-21-23-30-44(42)45)47(62)60(35-36-68-73(16,17)55(10,11)12)37-40(72-74(18,19)56(13,14)15)38-61(51(66)71-54(7,8)9)34-26-33-58-49(64)70-53(4,5)6/h20-23,27-30,40,45-46H,24-26,31-39H2,1-19H3,(H,57,63)(H,58,64)(H,59,65)/t40?,46-/m0/s1. The predicted octanol–water partition coefficient (Wildman–Crippen LogP) is 12.0. The van der Waals surface area contributed by atoms with Gasteiger partial charge in [-0.1, -0.05) is 90.1 Å². The molecule has 0 aliphatic heterocycles. The molecular weight excluding hydrogens is 975 g/mol. The third-order valence-corrected chi connectivity index (χ3v) is 22.6. The fourth-order valence-corrected chi connectivity index (χ4v) is 10.1. The number of hydrogen-bond acceptors (Lipinski definition) is 11. The Balaban J connectivity index is 2.05. The first-order chi connectivity index (χ1) is 33.9. The Morgan fingerprint density at radius 2 is 1.05 bits per heavy atom. The minimum atomic E-state index is -2.61. The molecule has 0 aromatic heterocycles. The number of fused-ring (bicyclic) bond motifs is 3. The molecule has 3 rings (SSSR count). The number of rotatable bonds is 23. The summed E-state index contributed by atoms with van der Waals surface area (Å²) in [5.74, 6) is -0.564. The Hall–Kier alpha value is -4.66.